The number of halogens is 2. The molecular formula is C17H17F2N5. The van der Waals surface area contributed by atoms with E-state index in [2.05, 4.69) is 20.0 Å². The number of hydrogen-bond donors (Lipinski definition) is 0. The van der Waals surface area contributed by atoms with Gasteiger partial charge in [0.15, 0.2) is 11.6 Å². The second-order valence-electron chi connectivity index (χ2n) is 6.14. The van der Waals surface area contributed by atoms with Gasteiger partial charge < -0.3 is 4.90 Å². The number of nitrogens with zero attached hydrogens (tertiary/aromatic N) is 5. The average molecular weight is 329 g/mol. The number of hydrogen-bond acceptors (Lipinski definition) is 4. The summed E-state index contributed by atoms with van der Waals surface area (Å²) < 4.78 is 28.6. The van der Waals surface area contributed by atoms with Gasteiger partial charge in [0.05, 0.1) is 29.5 Å². The molecule has 0 amide bonds. The van der Waals surface area contributed by atoms with E-state index in [1.54, 1.807) is 10.9 Å². The van der Waals surface area contributed by atoms with Gasteiger partial charge in [-0.25, -0.2) is 13.8 Å². The maximum absolute atomic E-state index is 13.5. The zero-order valence-electron chi connectivity index (χ0n) is 13.3. The first-order valence-corrected chi connectivity index (χ1v) is 7.99. The van der Waals surface area contributed by atoms with Gasteiger partial charge in [0.25, 0.3) is 0 Å². The molecule has 1 aliphatic heterocycles. The quantitative estimate of drug-likeness (QED) is 0.723. The van der Waals surface area contributed by atoms with Crippen LogP contribution in [-0.2, 0) is 7.05 Å². The largest absolute Gasteiger partial charge is 0.348 e. The van der Waals surface area contributed by atoms with Crippen LogP contribution in [0.4, 0.5) is 14.6 Å². The van der Waals surface area contributed by atoms with Gasteiger partial charge in [-0.3, -0.25) is 9.67 Å². The lowest BCUT2D eigenvalue weighted by Gasteiger charge is -2.36. The van der Waals surface area contributed by atoms with Crippen molar-refractivity contribution in [2.45, 2.75) is 25.3 Å². The van der Waals surface area contributed by atoms with Crippen LogP contribution in [0.5, 0.6) is 0 Å². The van der Waals surface area contributed by atoms with E-state index in [0.717, 1.165) is 43.5 Å². The van der Waals surface area contributed by atoms with Gasteiger partial charge >= 0.3 is 0 Å². The van der Waals surface area contributed by atoms with Crippen LogP contribution in [0.2, 0.25) is 0 Å². The highest BCUT2D eigenvalue weighted by atomic mass is 19.2. The highest BCUT2D eigenvalue weighted by molar-refractivity contribution is 5.75. The summed E-state index contributed by atoms with van der Waals surface area (Å²) in [5.41, 5.74) is 1.85. The Morgan fingerprint density at radius 3 is 2.62 bits per heavy atom. The highest BCUT2D eigenvalue weighted by Crippen LogP contribution is 2.34. The predicted molar refractivity (Wildman–Crippen MR) is 86.6 cm³/mol. The molecule has 1 fully saturated rings. The fraction of sp³-hybridized carbons (Fsp3) is 0.353. The molecule has 3 heterocycles. The number of aromatic nitrogens is 4. The van der Waals surface area contributed by atoms with Crippen molar-refractivity contribution in [3.8, 4) is 0 Å². The Morgan fingerprint density at radius 2 is 1.88 bits per heavy atom. The molecular weight excluding hydrogens is 312 g/mol. The SMILES string of the molecule is Cn1cc([C@H]2CCCCN2c2cnc3cc(F)c(F)cc3n2)cn1. The number of benzene rings is 1. The molecule has 3 aromatic rings. The molecule has 7 heteroatoms. The van der Waals surface area contributed by atoms with Crippen molar-refractivity contribution < 1.29 is 8.78 Å². The minimum atomic E-state index is -0.907. The van der Waals surface area contributed by atoms with Crippen LogP contribution >= 0.6 is 0 Å². The lowest BCUT2D eigenvalue weighted by molar-refractivity contribution is 0.469. The van der Waals surface area contributed by atoms with E-state index < -0.39 is 11.6 Å². The normalized spacial score (nSPS) is 18.3. The fourth-order valence-electron chi connectivity index (χ4n) is 3.30. The number of aryl methyl sites for hydroxylation is 1. The maximum atomic E-state index is 13.5. The standard InChI is InChI=1S/C17H17F2N5/c1-23-10-11(8-21-23)16-4-2-3-5-24(16)17-9-20-14-6-12(18)13(19)7-15(14)22-17/h6-10,16H,2-5H2,1H3/t16-/m1/s1. The van der Waals surface area contributed by atoms with Crippen molar-refractivity contribution in [1.82, 2.24) is 19.7 Å². The monoisotopic (exact) mass is 329 g/mol. The second-order valence-corrected chi connectivity index (χ2v) is 6.14. The van der Waals surface area contributed by atoms with Crippen LogP contribution in [0, 0.1) is 11.6 Å². The summed E-state index contributed by atoms with van der Waals surface area (Å²) in [6.45, 7) is 0.851. The van der Waals surface area contributed by atoms with Crippen LogP contribution in [0.25, 0.3) is 11.0 Å². The topological polar surface area (TPSA) is 46.8 Å². The summed E-state index contributed by atoms with van der Waals surface area (Å²) in [5.74, 6) is -1.13. The molecule has 0 radical (unpaired) electrons. The smallest absolute Gasteiger partial charge is 0.161 e. The Bertz CT molecular complexity index is 892. The van der Waals surface area contributed by atoms with Crippen molar-refractivity contribution in [2.24, 2.45) is 7.05 Å². The van der Waals surface area contributed by atoms with Crippen molar-refractivity contribution in [2.75, 3.05) is 11.4 Å². The summed E-state index contributed by atoms with van der Waals surface area (Å²) in [6.07, 6.45) is 8.71. The van der Waals surface area contributed by atoms with Crippen LogP contribution in [-0.4, -0.2) is 26.3 Å². The third kappa shape index (κ3) is 2.60. The third-order valence-electron chi connectivity index (χ3n) is 4.48. The molecule has 0 N–H and O–H groups in total. The summed E-state index contributed by atoms with van der Waals surface area (Å²) in [4.78, 5) is 10.9. The first-order valence-electron chi connectivity index (χ1n) is 7.99. The Labute approximate surface area is 137 Å². The molecule has 0 aliphatic carbocycles. The minimum absolute atomic E-state index is 0.171. The number of anilines is 1. The van der Waals surface area contributed by atoms with Crippen LogP contribution < -0.4 is 4.90 Å². The summed E-state index contributed by atoms with van der Waals surface area (Å²) in [7, 11) is 1.89. The van der Waals surface area contributed by atoms with Crippen LogP contribution in [0.15, 0.2) is 30.7 Å². The Morgan fingerprint density at radius 1 is 1.08 bits per heavy atom. The first kappa shape index (κ1) is 15.0. The zero-order valence-corrected chi connectivity index (χ0v) is 13.3. The molecule has 0 saturated carbocycles. The summed E-state index contributed by atoms with van der Waals surface area (Å²) in [6, 6.07) is 2.35. The molecule has 24 heavy (non-hydrogen) atoms. The maximum Gasteiger partial charge on any atom is 0.161 e. The fourth-order valence-corrected chi connectivity index (χ4v) is 3.30. The number of piperidine rings is 1. The Kier molecular flexibility index (Phi) is 3.63. The van der Waals surface area contributed by atoms with Crippen molar-refractivity contribution in [1.29, 1.82) is 0 Å². The van der Waals surface area contributed by atoms with Crippen LogP contribution in [0.3, 0.4) is 0 Å². The van der Waals surface area contributed by atoms with Gasteiger partial charge in [0.2, 0.25) is 0 Å². The van der Waals surface area contributed by atoms with Crippen molar-refractivity contribution in [3.63, 3.8) is 0 Å². The molecule has 124 valence electrons. The highest BCUT2D eigenvalue weighted by Gasteiger charge is 2.26. The molecule has 4 rings (SSSR count). The van der Waals surface area contributed by atoms with Gasteiger partial charge in [0.1, 0.15) is 5.82 Å². The van der Waals surface area contributed by atoms with Gasteiger partial charge in [-0.15, -0.1) is 0 Å². The molecule has 1 aromatic carbocycles. The number of fused-ring (bicyclic) bond motifs is 1. The molecule has 2 aromatic heterocycles. The van der Waals surface area contributed by atoms with E-state index in [1.807, 2.05) is 19.4 Å². The second kappa shape index (κ2) is 5.81. The zero-order chi connectivity index (χ0) is 16.7. The molecule has 1 aliphatic rings. The van der Waals surface area contributed by atoms with Gasteiger partial charge in [0, 0.05) is 37.5 Å². The Hall–Kier alpha value is -2.57. The molecule has 5 nitrogen and oxygen atoms in total. The predicted octanol–water partition coefficient (Wildman–Crippen LogP) is 3.37. The lowest BCUT2D eigenvalue weighted by atomic mass is 9.97. The van der Waals surface area contributed by atoms with E-state index in [4.69, 9.17) is 0 Å². The molecule has 0 spiro atoms. The van der Waals surface area contributed by atoms with E-state index >= 15 is 0 Å². The van der Waals surface area contributed by atoms with Gasteiger partial charge in [-0.2, -0.15) is 5.10 Å². The lowest BCUT2D eigenvalue weighted by Crippen LogP contribution is -2.34. The summed E-state index contributed by atoms with van der Waals surface area (Å²) in [5, 5.41) is 4.25. The van der Waals surface area contributed by atoms with Crippen molar-refractivity contribution in [3.05, 3.63) is 47.9 Å². The van der Waals surface area contributed by atoms with E-state index in [0.29, 0.717) is 16.9 Å². The van der Waals surface area contributed by atoms with Crippen molar-refractivity contribution >= 4 is 16.9 Å². The minimum Gasteiger partial charge on any atom is -0.348 e. The van der Waals surface area contributed by atoms with Crippen LogP contribution in [0.1, 0.15) is 30.9 Å². The average Bonchev–Trinajstić information content (AvgIpc) is 3.02. The molecule has 1 atom stereocenters. The Balaban J connectivity index is 1.74. The molecule has 1 saturated heterocycles. The van der Waals surface area contributed by atoms with E-state index in [1.165, 1.54) is 0 Å². The summed E-state index contributed by atoms with van der Waals surface area (Å²) >= 11 is 0. The van der Waals surface area contributed by atoms with E-state index in [-0.39, 0.29) is 6.04 Å². The first-order chi connectivity index (χ1) is 11.6. The van der Waals surface area contributed by atoms with E-state index in [9.17, 15) is 8.78 Å². The van der Waals surface area contributed by atoms with Gasteiger partial charge in [-0.1, -0.05) is 0 Å². The third-order valence-corrected chi connectivity index (χ3v) is 4.48. The van der Waals surface area contributed by atoms with Gasteiger partial charge in [-0.05, 0) is 19.3 Å². The molecule has 0 unspecified atom stereocenters. The number of rotatable bonds is 2. The molecule has 0 bridgehead atoms.